The highest BCUT2D eigenvalue weighted by atomic mass is 16.5. The van der Waals surface area contributed by atoms with Gasteiger partial charge in [-0.3, -0.25) is 4.79 Å². The van der Waals surface area contributed by atoms with E-state index in [0.717, 1.165) is 68.0 Å². The van der Waals surface area contributed by atoms with Crippen LogP contribution in [-0.4, -0.2) is 56.7 Å². The summed E-state index contributed by atoms with van der Waals surface area (Å²) < 4.78 is 17.5. The topological polar surface area (TPSA) is 114 Å². The number of carboxylic acid groups (broad SMARTS) is 1. The maximum absolute atomic E-state index is 10.8. The number of benzene rings is 1. The molecule has 0 bridgehead atoms. The third-order valence-corrected chi connectivity index (χ3v) is 5.95. The van der Waals surface area contributed by atoms with Crippen LogP contribution in [0.15, 0.2) is 21.7 Å². The zero-order valence-electron chi connectivity index (χ0n) is 18.6. The number of nitrogens with zero attached hydrogens (tertiary/aromatic N) is 2. The minimum Gasteiger partial charge on any atom is -0.492 e. The molecule has 172 valence electrons. The van der Waals surface area contributed by atoms with Crippen LogP contribution in [-0.2, 0) is 11.2 Å². The van der Waals surface area contributed by atoms with Gasteiger partial charge in [-0.05, 0) is 61.3 Å². The molecule has 0 saturated heterocycles. The lowest BCUT2D eigenvalue weighted by Gasteiger charge is -2.20. The van der Waals surface area contributed by atoms with Gasteiger partial charge >= 0.3 is 5.97 Å². The zero-order chi connectivity index (χ0) is 22.5. The van der Waals surface area contributed by atoms with Gasteiger partial charge in [0.2, 0.25) is 11.7 Å². The van der Waals surface area contributed by atoms with Gasteiger partial charge in [-0.2, -0.15) is 5.10 Å². The van der Waals surface area contributed by atoms with Gasteiger partial charge in [0.25, 0.3) is 0 Å². The zero-order valence-corrected chi connectivity index (χ0v) is 18.6. The van der Waals surface area contributed by atoms with Crippen LogP contribution in [0.5, 0.6) is 17.2 Å². The molecule has 3 aliphatic rings. The van der Waals surface area contributed by atoms with Crippen molar-refractivity contribution in [1.29, 1.82) is 0 Å². The number of hydrogen-bond donors (Lipinski definition) is 3. The van der Waals surface area contributed by atoms with E-state index in [4.69, 9.17) is 24.4 Å². The number of nitrogens with one attached hydrogen (secondary N) is 2. The second-order valence-corrected chi connectivity index (χ2v) is 7.96. The molecule has 9 heteroatoms. The van der Waals surface area contributed by atoms with E-state index in [-0.39, 0.29) is 6.42 Å². The normalized spacial score (nSPS) is 18.4. The smallest absolute Gasteiger partial charge is 0.303 e. The highest BCUT2D eigenvalue weighted by Gasteiger charge is 2.31. The van der Waals surface area contributed by atoms with Gasteiger partial charge in [-0.15, -0.1) is 0 Å². The quantitative estimate of drug-likeness (QED) is 0.419. The number of rotatable bonds is 8. The number of hydrazone groups is 1. The molecule has 0 radical (unpaired) electrons. The number of ether oxygens (including phenoxy) is 3. The molecule has 0 amide bonds. The van der Waals surface area contributed by atoms with E-state index >= 15 is 0 Å². The fourth-order valence-electron chi connectivity index (χ4n) is 4.55. The molecular weight excluding hydrogens is 412 g/mol. The van der Waals surface area contributed by atoms with Crippen molar-refractivity contribution >= 4 is 23.2 Å². The molecule has 1 aromatic rings. The Labute approximate surface area is 187 Å². The standard InChI is InChI=1S/C23H30N4O5/c1-30-21-18(32-12-4-7-19(28)29)13-14-8-9-17(26-27-23-24-10-11-25-23)15-5-3-6-16(15)20(14)22(21)31-2/h13H,3-12H2,1-2H3,(H,28,29)(H2,24,25,27). The molecule has 9 nitrogen and oxygen atoms in total. The van der Waals surface area contributed by atoms with Gasteiger partial charge < -0.3 is 24.6 Å². The second-order valence-electron chi connectivity index (χ2n) is 7.96. The van der Waals surface area contributed by atoms with E-state index in [2.05, 4.69) is 15.7 Å². The number of carbonyl (C=O) groups is 1. The Hall–Kier alpha value is -3.23. The molecule has 1 heterocycles. The van der Waals surface area contributed by atoms with Gasteiger partial charge in [0.05, 0.1) is 33.1 Å². The molecule has 0 saturated carbocycles. The number of methoxy groups -OCH3 is 2. The average molecular weight is 443 g/mol. The molecule has 1 aliphatic heterocycles. The summed E-state index contributed by atoms with van der Waals surface area (Å²) in [5.74, 6) is 1.68. The summed E-state index contributed by atoms with van der Waals surface area (Å²) in [7, 11) is 3.24. The number of aliphatic imine (C=N–C) groups is 1. The minimum absolute atomic E-state index is 0.0631. The molecule has 0 spiro atoms. The Kier molecular flexibility index (Phi) is 6.82. The largest absolute Gasteiger partial charge is 0.492 e. The lowest BCUT2D eigenvalue weighted by Crippen LogP contribution is -2.31. The lowest BCUT2D eigenvalue weighted by molar-refractivity contribution is -0.137. The number of hydrogen-bond acceptors (Lipinski definition) is 8. The monoisotopic (exact) mass is 442 g/mol. The maximum atomic E-state index is 10.8. The van der Waals surface area contributed by atoms with E-state index in [1.807, 2.05) is 6.07 Å². The van der Waals surface area contributed by atoms with Crippen molar-refractivity contribution in [3.8, 4) is 17.2 Å². The predicted molar refractivity (Wildman–Crippen MR) is 122 cm³/mol. The Balaban J connectivity index is 1.68. The van der Waals surface area contributed by atoms with Gasteiger partial charge in [0, 0.05) is 18.5 Å². The average Bonchev–Trinajstić information content (AvgIpc) is 3.46. The highest BCUT2D eigenvalue weighted by molar-refractivity contribution is 6.09. The molecule has 0 unspecified atom stereocenters. The third-order valence-electron chi connectivity index (χ3n) is 5.95. The lowest BCUT2D eigenvalue weighted by atomic mass is 9.95. The van der Waals surface area contributed by atoms with Crippen LogP contribution < -0.4 is 25.0 Å². The first kappa shape index (κ1) is 22.0. The Morgan fingerprint density at radius 1 is 1.19 bits per heavy atom. The first-order chi connectivity index (χ1) is 15.6. The van der Waals surface area contributed by atoms with E-state index < -0.39 is 5.97 Å². The van der Waals surface area contributed by atoms with Crippen molar-refractivity contribution in [3.63, 3.8) is 0 Å². The van der Waals surface area contributed by atoms with Crippen LogP contribution in [0.2, 0.25) is 0 Å². The summed E-state index contributed by atoms with van der Waals surface area (Å²) in [6, 6.07) is 2.01. The van der Waals surface area contributed by atoms with Crippen molar-refractivity contribution in [2.45, 2.75) is 44.9 Å². The van der Waals surface area contributed by atoms with Gasteiger partial charge in [0.1, 0.15) is 0 Å². The van der Waals surface area contributed by atoms with Crippen LogP contribution in [0.3, 0.4) is 0 Å². The van der Waals surface area contributed by atoms with Crippen molar-refractivity contribution in [2.24, 2.45) is 10.1 Å². The molecule has 0 atom stereocenters. The van der Waals surface area contributed by atoms with Crippen LogP contribution in [0.1, 0.15) is 49.7 Å². The first-order valence-electron chi connectivity index (χ1n) is 11.1. The molecule has 4 rings (SSSR count). The minimum atomic E-state index is -0.833. The molecule has 2 aliphatic carbocycles. The maximum Gasteiger partial charge on any atom is 0.303 e. The second kappa shape index (κ2) is 9.93. The fraction of sp³-hybridized carbons (Fsp3) is 0.522. The Bertz CT molecular complexity index is 983. The summed E-state index contributed by atoms with van der Waals surface area (Å²) in [5.41, 5.74) is 8.88. The van der Waals surface area contributed by atoms with Gasteiger partial charge in [-0.1, -0.05) is 0 Å². The summed E-state index contributed by atoms with van der Waals surface area (Å²) in [5, 5.41) is 16.8. The molecule has 32 heavy (non-hydrogen) atoms. The summed E-state index contributed by atoms with van der Waals surface area (Å²) in [6.07, 6.45) is 5.07. The van der Waals surface area contributed by atoms with E-state index in [0.29, 0.717) is 30.3 Å². The number of allylic oxidation sites excluding steroid dienone is 2. The Morgan fingerprint density at radius 3 is 2.72 bits per heavy atom. The molecular formula is C23H30N4O5. The number of carboxylic acids is 1. The van der Waals surface area contributed by atoms with Crippen molar-refractivity contribution in [1.82, 2.24) is 10.7 Å². The van der Waals surface area contributed by atoms with Crippen LogP contribution in [0.25, 0.3) is 5.57 Å². The molecule has 3 N–H and O–H groups in total. The predicted octanol–water partition coefficient (Wildman–Crippen LogP) is 2.74. The van der Waals surface area contributed by atoms with Gasteiger partial charge in [-0.25, -0.2) is 10.4 Å². The number of guanidine groups is 1. The van der Waals surface area contributed by atoms with Crippen LogP contribution in [0.4, 0.5) is 0 Å². The van der Waals surface area contributed by atoms with Gasteiger partial charge in [0.15, 0.2) is 11.5 Å². The summed E-state index contributed by atoms with van der Waals surface area (Å²) >= 11 is 0. The van der Waals surface area contributed by atoms with E-state index in [9.17, 15) is 4.79 Å². The summed E-state index contributed by atoms with van der Waals surface area (Å²) in [4.78, 5) is 15.2. The highest BCUT2D eigenvalue weighted by Crippen LogP contribution is 2.50. The van der Waals surface area contributed by atoms with Crippen LogP contribution in [0, 0.1) is 0 Å². The van der Waals surface area contributed by atoms with Crippen molar-refractivity contribution in [2.75, 3.05) is 33.9 Å². The first-order valence-corrected chi connectivity index (χ1v) is 11.1. The molecule has 0 fully saturated rings. The van der Waals surface area contributed by atoms with Crippen molar-refractivity contribution < 1.29 is 24.1 Å². The van der Waals surface area contributed by atoms with Crippen molar-refractivity contribution in [3.05, 3.63) is 22.8 Å². The SMILES string of the molecule is COc1c(OCCCC(=O)O)cc2c(c1OC)C1=C(CCC1)C(=NNC1=NCCN1)CC2. The van der Waals surface area contributed by atoms with E-state index in [1.54, 1.807) is 14.2 Å². The Morgan fingerprint density at radius 2 is 2.00 bits per heavy atom. The van der Waals surface area contributed by atoms with Crippen LogP contribution >= 0.6 is 0 Å². The molecule has 0 aromatic heterocycles. The third kappa shape index (κ3) is 4.51. The fourth-order valence-corrected chi connectivity index (χ4v) is 4.55. The number of aryl methyl sites for hydroxylation is 1. The molecule has 1 aromatic carbocycles. The number of fused-ring (bicyclic) bond motifs is 2. The number of aliphatic carboxylic acids is 1. The summed E-state index contributed by atoms with van der Waals surface area (Å²) in [6.45, 7) is 1.89. The van der Waals surface area contributed by atoms with E-state index in [1.165, 1.54) is 11.1 Å².